The molecule has 0 saturated heterocycles. The van der Waals surface area contributed by atoms with Gasteiger partial charge in [0.15, 0.2) is 11.6 Å². The second-order valence-corrected chi connectivity index (χ2v) is 9.40. The van der Waals surface area contributed by atoms with Gasteiger partial charge in [-0.15, -0.1) is 4.40 Å². The fraction of sp³-hybridized carbons (Fsp3) is 0.273. The minimum absolute atomic E-state index is 0.0660. The number of fused-ring (bicyclic) bond motifs is 2. The number of sulfonamides is 1. The van der Waals surface area contributed by atoms with Crippen molar-refractivity contribution in [2.24, 2.45) is 4.40 Å². The Morgan fingerprint density at radius 3 is 2.67 bits per heavy atom. The molecule has 8 heteroatoms. The number of carbonyl (C=O) groups excluding carboxylic acids is 1. The summed E-state index contributed by atoms with van der Waals surface area (Å²) in [5, 5.41) is 13.9. The highest BCUT2D eigenvalue weighted by molar-refractivity contribution is 7.90. The van der Waals surface area contributed by atoms with Crippen LogP contribution in [0.3, 0.4) is 0 Å². The number of hydrogen-bond acceptors (Lipinski definition) is 6. The number of rotatable bonds is 4. The van der Waals surface area contributed by atoms with E-state index in [1.807, 2.05) is 26.0 Å². The van der Waals surface area contributed by atoms with Crippen molar-refractivity contribution in [2.45, 2.75) is 43.4 Å². The van der Waals surface area contributed by atoms with E-state index >= 15 is 0 Å². The molecular formula is C22H23N3O4S. The first-order valence-corrected chi connectivity index (χ1v) is 11.2. The topological polar surface area (TPSA) is 122 Å². The molecule has 0 aromatic heterocycles. The fourth-order valence-corrected chi connectivity index (χ4v) is 5.25. The van der Waals surface area contributed by atoms with E-state index in [4.69, 9.17) is 5.73 Å². The van der Waals surface area contributed by atoms with Crippen molar-refractivity contribution < 1.29 is 18.3 Å². The van der Waals surface area contributed by atoms with Crippen LogP contribution in [0.25, 0.3) is 5.76 Å². The van der Waals surface area contributed by atoms with Crippen LogP contribution < -0.4 is 11.1 Å². The van der Waals surface area contributed by atoms with E-state index in [-0.39, 0.29) is 39.2 Å². The van der Waals surface area contributed by atoms with Gasteiger partial charge in [0, 0.05) is 11.3 Å². The molecule has 0 spiro atoms. The Bertz CT molecular complexity index is 1230. The van der Waals surface area contributed by atoms with Crippen LogP contribution in [-0.4, -0.2) is 25.1 Å². The van der Waals surface area contributed by atoms with Crippen LogP contribution in [0, 0.1) is 0 Å². The normalized spacial score (nSPS) is 22.1. The molecule has 1 heterocycles. The number of Topliss-reactive ketones (excluding diaryl/α,β-unsaturated/α-hetero) is 1. The molecule has 0 bridgehead atoms. The minimum Gasteiger partial charge on any atom is -0.506 e. The Balaban J connectivity index is 1.92. The highest BCUT2D eigenvalue weighted by Gasteiger charge is 2.46. The van der Waals surface area contributed by atoms with Crippen LogP contribution in [0.4, 0.5) is 11.4 Å². The van der Waals surface area contributed by atoms with Crippen molar-refractivity contribution in [3.63, 3.8) is 0 Å². The number of hydrogen-bond donors (Lipinski definition) is 3. The van der Waals surface area contributed by atoms with Crippen LogP contribution in [0.5, 0.6) is 0 Å². The summed E-state index contributed by atoms with van der Waals surface area (Å²) in [6.07, 6.45) is 2.28. The molecule has 2 aromatic carbocycles. The van der Waals surface area contributed by atoms with Gasteiger partial charge in [-0.1, -0.05) is 44.0 Å². The summed E-state index contributed by atoms with van der Waals surface area (Å²) >= 11 is 0. The Kier molecular flexibility index (Phi) is 4.69. The molecule has 1 aliphatic heterocycles. The summed E-state index contributed by atoms with van der Waals surface area (Å²) in [6, 6.07) is 11.6. The number of carbonyl (C=O) groups is 1. The number of nitrogens with zero attached hydrogens (tertiary/aromatic N) is 1. The molecule has 0 radical (unpaired) electrons. The molecule has 156 valence electrons. The molecule has 2 aliphatic rings. The lowest BCUT2D eigenvalue weighted by Gasteiger charge is -2.36. The van der Waals surface area contributed by atoms with Crippen LogP contribution in [0.15, 0.2) is 57.3 Å². The third-order valence-electron chi connectivity index (χ3n) is 5.76. The van der Waals surface area contributed by atoms with Gasteiger partial charge < -0.3 is 16.2 Å². The Morgan fingerprint density at radius 2 is 1.93 bits per heavy atom. The standard InChI is InChI=1S/C22H23N3O4S/c1-3-4-11-22(2)15-8-6-5-7-14(15)19(26)18(20(22)27)21-24-16-10-9-13(23)12-17(16)30(28,29)25-21/h5-10,12,26H,3-4,11,23H2,1-2H3,(H,24,25). The molecule has 0 saturated carbocycles. The SMILES string of the molecule is CCCCC1(C)C(=O)C(C2=NS(=O)(=O)c3cc(N)ccc3N2)=C(O)c2ccccc21. The number of ketones is 1. The Labute approximate surface area is 175 Å². The lowest BCUT2D eigenvalue weighted by atomic mass is 9.67. The number of unbranched alkanes of at least 4 members (excludes halogenated alkanes) is 1. The summed E-state index contributed by atoms with van der Waals surface area (Å²) in [5.41, 5.74) is 6.49. The summed E-state index contributed by atoms with van der Waals surface area (Å²) < 4.78 is 29.4. The van der Waals surface area contributed by atoms with E-state index < -0.39 is 15.4 Å². The molecule has 2 aromatic rings. The number of benzene rings is 2. The molecule has 1 atom stereocenters. The Morgan fingerprint density at radius 1 is 1.20 bits per heavy atom. The minimum atomic E-state index is -4.09. The zero-order valence-corrected chi connectivity index (χ0v) is 17.6. The van der Waals surface area contributed by atoms with Crippen molar-refractivity contribution in [2.75, 3.05) is 11.1 Å². The van der Waals surface area contributed by atoms with Crippen molar-refractivity contribution in [1.82, 2.24) is 0 Å². The van der Waals surface area contributed by atoms with Gasteiger partial charge in [0.05, 0.1) is 11.1 Å². The number of aliphatic hydroxyl groups excluding tert-OH is 1. The molecule has 0 fully saturated rings. The number of nitrogens with two attached hydrogens (primary N) is 1. The lowest BCUT2D eigenvalue weighted by molar-refractivity contribution is -0.120. The first-order chi connectivity index (χ1) is 14.2. The lowest BCUT2D eigenvalue weighted by Crippen LogP contribution is -2.42. The summed E-state index contributed by atoms with van der Waals surface area (Å²) in [7, 11) is -4.09. The van der Waals surface area contributed by atoms with Gasteiger partial charge in [-0.3, -0.25) is 4.79 Å². The maximum atomic E-state index is 13.6. The third kappa shape index (κ3) is 2.99. The Hall–Kier alpha value is -3.13. The number of amidine groups is 1. The second-order valence-electron chi connectivity index (χ2n) is 7.83. The molecule has 30 heavy (non-hydrogen) atoms. The zero-order valence-electron chi connectivity index (χ0n) is 16.8. The molecule has 4 rings (SSSR count). The number of anilines is 2. The quantitative estimate of drug-likeness (QED) is 0.641. The molecule has 1 aliphatic carbocycles. The van der Waals surface area contributed by atoms with E-state index in [9.17, 15) is 18.3 Å². The first-order valence-electron chi connectivity index (χ1n) is 9.79. The van der Waals surface area contributed by atoms with Crippen molar-refractivity contribution in [3.8, 4) is 0 Å². The van der Waals surface area contributed by atoms with Gasteiger partial charge in [-0.2, -0.15) is 8.42 Å². The maximum absolute atomic E-state index is 13.6. The van der Waals surface area contributed by atoms with Crippen molar-refractivity contribution in [3.05, 3.63) is 59.2 Å². The third-order valence-corrected chi connectivity index (χ3v) is 7.07. The predicted octanol–water partition coefficient (Wildman–Crippen LogP) is 3.78. The average molecular weight is 426 g/mol. The van der Waals surface area contributed by atoms with Gasteiger partial charge >= 0.3 is 0 Å². The zero-order chi connectivity index (χ0) is 21.7. The number of nitrogen functional groups attached to an aromatic ring is 1. The molecular weight excluding hydrogens is 402 g/mol. The monoisotopic (exact) mass is 425 g/mol. The summed E-state index contributed by atoms with van der Waals surface area (Å²) in [5.74, 6) is -0.801. The maximum Gasteiger partial charge on any atom is 0.286 e. The summed E-state index contributed by atoms with van der Waals surface area (Å²) in [6.45, 7) is 3.88. The predicted molar refractivity (Wildman–Crippen MR) is 117 cm³/mol. The van der Waals surface area contributed by atoms with Crippen molar-refractivity contribution >= 4 is 38.8 Å². The largest absolute Gasteiger partial charge is 0.506 e. The smallest absolute Gasteiger partial charge is 0.286 e. The fourth-order valence-electron chi connectivity index (χ4n) is 4.09. The highest BCUT2D eigenvalue weighted by atomic mass is 32.2. The van der Waals surface area contributed by atoms with E-state index in [2.05, 4.69) is 9.71 Å². The van der Waals surface area contributed by atoms with Gasteiger partial charge in [0.1, 0.15) is 16.2 Å². The van der Waals surface area contributed by atoms with Gasteiger partial charge in [-0.05, 0) is 37.1 Å². The number of aliphatic hydroxyl groups is 1. The van der Waals surface area contributed by atoms with Crippen LogP contribution in [0.1, 0.15) is 44.2 Å². The first kappa shape index (κ1) is 20.2. The van der Waals surface area contributed by atoms with Gasteiger partial charge in [-0.25, -0.2) is 0 Å². The highest BCUT2D eigenvalue weighted by Crippen LogP contribution is 2.44. The average Bonchev–Trinajstić information content (AvgIpc) is 2.71. The van der Waals surface area contributed by atoms with E-state index in [1.54, 1.807) is 18.2 Å². The van der Waals surface area contributed by atoms with Crippen LogP contribution in [-0.2, 0) is 20.2 Å². The number of nitrogens with one attached hydrogen (secondary N) is 1. The van der Waals surface area contributed by atoms with Crippen LogP contribution >= 0.6 is 0 Å². The van der Waals surface area contributed by atoms with E-state index in [0.717, 1.165) is 18.4 Å². The molecule has 0 amide bonds. The summed E-state index contributed by atoms with van der Waals surface area (Å²) in [4.78, 5) is 13.6. The van der Waals surface area contributed by atoms with Crippen LogP contribution in [0.2, 0.25) is 0 Å². The van der Waals surface area contributed by atoms with Gasteiger partial charge in [0.2, 0.25) is 0 Å². The molecule has 1 unspecified atom stereocenters. The molecule has 7 nitrogen and oxygen atoms in total. The van der Waals surface area contributed by atoms with Gasteiger partial charge in [0.25, 0.3) is 10.0 Å². The van der Waals surface area contributed by atoms with Crippen molar-refractivity contribution in [1.29, 1.82) is 0 Å². The van der Waals surface area contributed by atoms with E-state index in [0.29, 0.717) is 12.0 Å². The van der Waals surface area contributed by atoms with E-state index in [1.165, 1.54) is 12.1 Å². The second kappa shape index (κ2) is 6.98. The molecule has 4 N–H and O–H groups in total.